The summed E-state index contributed by atoms with van der Waals surface area (Å²) < 4.78 is 26.6. The van der Waals surface area contributed by atoms with Gasteiger partial charge in [0.2, 0.25) is 0 Å². The standard InChI is InChI=1S/C27H33FN4O3/c1-4-32(5-2)13-6-14-34-26-17-24-21(15-18(26)3)25(11-12-29-24)35-20-9-10-23(22(28)16-20)31-27(33)30-19-7-8-19/h9-12,15-17,19H,4-8,13-14H2,1-3H3,(H2,30,31,33). The topological polar surface area (TPSA) is 75.7 Å². The van der Waals surface area contributed by atoms with Gasteiger partial charge in [0.05, 0.1) is 17.8 Å². The second kappa shape index (κ2) is 11.4. The minimum Gasteiger partial charge on any atom is -0.493 e. The van der Waals surface area contributed by atoms with Gasteiger partial charge in [-0.2, -0.15) is 0 Å². The Morgan fingerprint density at radius 2 is 1.94 bits per heavy atom. The number of nitrogens with zero attached hydrogens (tertiary/aromatic N) is 2. The van der Waals surface area contributed by atoms with E-state index in [1.165, 1.54) is 12.1 Å². The number of aromatic nitrogens is 1. The minimum absolute atomic E-state index is 0.105. The summed E-state index contributed by atoms with van der Waals surface area (Å²) >= 11 is 0. The van der Waals surface area contributed by atoms with E-state index >= 15 is 0 Å². The highest BCUT2D eigenvalue weighted by atomic mass is 19.1. The highest BCUT2D eigenvalue weighted by molar-refractivity contribution is 5.90. The van der Waals surface area contributed by atoms with Gasteiger partial charge in [0.25, 0.3) is 0 Å². The second-order valence-corrected chi connectivity index (χ2v) is 8.79. The van der Waals surface area contributed by atoms with Gasteiger partial charge in [-0.1, -0.05) is 13.8 Å². The Morgan fingerprint density at radius 1 is 1.14 bits per heavy atom. The van der Waals surface area contributed by atoms with Gasteiger partial charge in [-0.3, -0.25) is 4.98 Å². The van der Waals surface area contributed by atoms with Gasteiger partial charge in [-0.05, 0) is 69.1 Å². The molecule has 0 saturated heterocycles. The molecule has 1 fully saturated rings. The Balaban J connectivity index is 1.43. The summed E-state index contributed by atoms with van der Waals surface area (Å²) in [5, 5.41) is 6.13. The number of pyridine rings is 1. The lowest BCUT2D eigenvalue weighted by molar-refractivity contribution is 0.248. The van der Waals surface area contributed by atoms with E-state index < -0.39 is 11.8 Å². The highest BCUT2D eigenvalue weighted by Gasteiger charge is 2.23. The van der Waals surface area contributed by atoms with Crippen LogP contribution in [-0.4, -0.2) is 48.2 Å². The summed E-state index contributed by atoms with van der Waals surface area (Å²) in [6, 6.07) is 9.83. The largest absolute Gasteiger partial charge is 0.493 e. The fourth-order valence-corrected chi connectivity index (χ4v) is 3.87. The second-order valence-electron chi connectivity index (χ2n) is 8.79. The van der Waals surface area contributed by atoms with Crippen molar-refractivity contribution in [3.8, 4) is 17.2 Å². The van der Waals surface area contributed by atoms with Gasteiger partial charge in [0.1, 0.15) is 23.1 Å². The molecule has 0 spiro atoms. The molecule has 0 radical (unpaired) electrons. The molecular formula is C27H33FN4O3. The first-order valence-corrected chi connectivity index (χ1v) is 12.3. The van der Waals surface area contributed by atoms with E-state index in [9.17, 15) is 9.18 Å². The number of carbonyl (C=O) groups excluding carboxylic acids is 1. The number of aryl methyl sites for hydroxylation is 1. The zero-order valence-electron chi connectivity index (χ0n) is 20.6. The third-order valence-corrected chi connectivity index (χ3v) is 6.10. The lowest BCUT2D eigenvalue weighted by Gasteiger charge is -2.18. The van der Waals surface area contributed by atoms with Crippen LogP contribution in [0.4, 0.5) is 14.9 Å². The van der Waals surface area contributed by atoms with Crippen molar-refractivity contribution in [1.29, 1.82) is 0 Å². The third kappa shape index (κ3) is 6.60. The van der Waals surface area contributed by atoms with Gasteiger partial charge in [-0.25, -0.2) is 9.18 Å². The van der Waals surface area contributed by atoms with Gasteiger partial charge >= 0.3 is 6.03 Å². The lowest BCUT2D eigenvalue weighted by Crippen LogP contribution is -2.30. The Kier molecular flexibility index (Phi) is 8.02. The zero-order chi connectivity index (χ0) is 24.8. The number of ether oxygens (including phenoxy) is 2. The molecule has 0 aliphatic heterocycles. The molecule has 1 saturated carbocycles. The van der Waals surface area contributed by atoms with Crippen LogP contribution in [0.5, 0.6) is 17.2 Å². The van der Waals surface area contributed by atoms with E-state index in [0.29, 0.717) is 18.1 Å². The van der Waals surface area contributed by atoms with Crippen LogP contribution in [-0.2, 0) is 0 Å². The van der Waals surface area contributed by atoms with Crippen LogP contribution in [0.25, 0.3) is 10.9 Å². The number of halogens is 1. The lowest BCUT2D eigenvalue weighted by atomic mass is 10.1. The summed E-state index contributed by atoms with van der Waals surface area (Å²) in [5.41, 5.74) is 1.82. The SMILES string of the molecule is CCN(CC)CCCOc1cc2nccc(Oc3ccc(NC(=O)NC4CC4)c(F)c3)c2cc1C. The summed E-state index contributed by atoms with van der Waals surface area (Å²) in [6.45, 7) is 10.0. The maximum Gasteiger partial charge on any atom is 0.319 e. The first-order chi connectivity index (χ1) is 17.0. The van der Waals surface area contributed by atoms with E-state index in [4.69, 9.17) is 9.47 Å². The number of nitrogens with one attached hydrogen (secondary N) is 2. The summed E-state index contributed by atoms with van der Waals surface area (Å²) in [6.07, 6.45) is 4.54. The summed E-state index contributed by atoms with van der Waals surface area (Å²) in [7, 11) is 0. The van der Waals surface area contributed by atoms with Crippen molar-refractivity contribution >= 4 is 22.6 Å². The molecule has 0 atom stereocenters. The molecule has 2 N–H and O–H groups in total. The number of benzene rings is 2. The molecule has 1 aromatic heterocycles. The molecule has 4 rings (SSSR count). The Hall–Kier alpha value is -3.39. The average Bonchev–Trinajstić information content (AvgIpc) is 3.65. The fraction of sp³-hybridized carbons (Fsp3) is 0.407. The summed E-state index contributed by atoms with van der Waals surface area (Å²) in [5.74, 6) is 1.13. The normalized spacial score (nSPS) is 13.2. The highest BCUT2D eigenvalue weighted by Crippen LogP contribution is 2.34. The maximum atomic E-state index is 14.6. The van der Waals surface area contributed by atoms with Crippen molar-refractivity contribution in [2.75, 3.05) is 31.6 Å². The number of urea groups is 1. The predicted molar refractivity (Wildman–Crippen MR) is 136 cm³/mol. The molecule has 186 valence electrons. The molecule has 35 heavy (non-hydrogen) atoms. The number of amides is 2. The maximum absolute atomic E-state index is 14.6. The molecule has 0 bridgehead atoms. The van der Waals surface area contributed by atoms with Crippen molar-refractivity contribution in [1.82, 2.24) is 15.2 Å². The van der Waals surface area contributed by atoms with Crippen LogP contribution in [0.15, 0.2) is 42.6 Å². The van der Waals surface area contributed by atoms with Gasteiger partial charge in [0, 0.05) is 36.3 Å². The number of anilines is 1. The summed E-state index contributed by atoms with van der Waals surface area (Å²) in [4.78, 5) is 18.7. The molecule has 2 aromatic carbocycles. The zero-order valence-corrected chi connectivity index (χ0v) is 20.6. The van der Waals surface area contributed by atoms with E-state index in [-0.39, 0.29) is 11.7 Å². The Labute approximate surface area is 205 Å². The molecule has 1 aliphatic rings. The van der Waals surface area contributed by atoms with Gasteiger partial charge < -0.3 is 25.0 Å². The smallest absolute Gasteiger partial charge is 0.319 e. The van der Waals surface area contributed by atoms with Crippen molar-refractivity contribution in [2.45, 2.75) is 46.1 Å². The molecule has 8 heteroatoms. The molecule has 1 aliphatic carbocycles. The minimum atomic E-state index is -0.566. The molecular weight excluding hydrogens is 447 g/mol. The van der Waals surface area contributed by atoms with E-state index in [1.807, 2.05) is 19.1 Å². The first kappa shape index (κ1) is 24.7. The number of hydrogen-bond acceptors (Lipinski definition) is 5. The number of hydrogen-bond donors (Lipinski definition) is 2. The monoisotopic (exact) mass is 480 g/mol. The Bertz CT molecular complexity index is 1180. The van der Waals surface area contributed by atoms with E-state index in [0.717, 1.165) is 61.1 Å². The van der Waals surface area contributed by atoms with E-state index in [1.54, 1.807) is 18.3 Å². The van der Waals surface area contributed by atoms with Crippen LogP contribution < -0.4 is 20.1 Å². The van der Waals surface area contributed by atoms with Crippen LogP contribution in [0, 0.1) is 12.7 Å². The Morgan fingerprint density at radius 3 is 2.66 bits per heavy atom. The van der Waals surface area contributed by atoms with E-state index in [2.05, 4.69) is 34.4 Å². The average molecular weight is 481 g/mol. The first-order valence-electron chi connectivity index (χ1n) is 12.3. The van der Waals surface area contributed by atoms with Gasteiger partial charge in [0.15, 0.2) is 0 Å². The fourth-order valence-electron chi connectivity index (χ4n) is 3.87. The number of carbonyl (C=O) groups is 1. The molecule has 1 heterocycles. The van der Waals surface area contributed by atoms with Crippen molar-refractivity contribution < 1.29 is 18.7 Å². The quantitative estimate of drug-likeness (QED) is 0.336. The van der Waals surface area contributed by atoms with Crippen LogP contribution >= 0.6 is 0 Å². The van der Waals surface area contributed by atoms with Crippen LogP contribution in [0.3, 0.4) is 0 Å². The third-order valence-electron chi connectivity index (χ3n) is 6.10. The van der Waals surface area contributed by atoms with Crippen LogP contribution in [0.2, 0.25) is 0 Å². The van der Waals surface area contributed by atoms with Gasteiger partial charge in [-0.15, -0.1) is 0 Å². The van der Waals surface area contributed by atoms with Crippen molar-refractivity contribution in [2.24, 2.45) is 0 Å². The number of fused-ring (bicyclic) bond motifs is 1. The predicted octanol–water partition coefficient (Wildman–Crippen LogP) is 5.87. The van der Waals surface area contributed by atoms with Crippen molar-refractivity contribution in [3.63, 3.8) is 0 Å². The van der Waals surface area contributed by atoms with Crippen LogP contribution in [0.1, 0.15) is 38.7 Å². The number of rotatable bonds is 11. The van der Waals surface area contributed by atoms with Crippen molar-refractivity contribution in [3.05, 3.63) is 54.0 Å². The molecule has 2 amide bonds. The molecule has 7 nitrogen and oxygen atoms in total. The molecule has 3 aromatic rings. The molecule has 0 unspecified atom stereocenters.